The quantitative estimate of drug-likeness (QED) is 0.556. The lowest BCUT2D eigenvalue weighted by atomic mass is 10.2. The molecule has 0 aliphatic heterocycles. The Hall–Kier alpha value is -2.37. The first kappa shape index (κ1) is 19.7. The molecule has 24 heavy (non-hydrogen) atoms. The Labute approximate surface area is 143 Å². The predicted octanol–water partition coefficient (Wildman–Crippen LogP) is 2.84. The van der Waals surface area contributed by atoms with E-state index >= 15 is 0 Å². The molecule has 0 heterocycles. The minimum atomic E-state index is -0.419. The number of ether oxygens (including phenoxy) is 1. The Morgan fingerprint density at radius 1 is 1.08 bits per heavy atom. The van der Waals surface area contributed by atoms with E-state index in [1.54, 1.807) is 29.2 Å². The fourth-order valence-corrected chi connectivity index (χ4v) is 2.25. The molecule has 0 atom stereocenters. The number of amides is 2. The highest BCUT2D eigenvalue weighted by atomic mass is 16.5. The molecule has 1 N–H and O–H groups in total. The predicted molar refractivity (Wildman–Crippen MR) is 92.8 cm³/mol. The molecule has 1 aromatic carbocycles. The van der Waals surface area contributed by atoms with Crippen LogP contribution in [0.5, 0.6) is 0 Å². The molecule has 0 aliphatic carbocycles. The highest BCUT2D eigenvalue weighted by Crippen LogP contribution is 2.11. The van der Waals surface area contributed by atoms with Crippen molar-refractivity contribution in [3.8, 4) is 0 Å². The summed E-state index contributed by atoms with van der Waals surface area (Å²) < 4.78 is 4.62. The van der Waals surface area contributed by atoms with Gasteiger partial charge in [0.25, 0.3) is 0 Å². The van der Waals surface area contributed by atoms with E-state index in [9.17, 15) is 14.4 Å². The highest BCUT2D eigenvalue weighted by Gasteiger charge is 2.11. The van der Waals surface area contributed by atoms with Crippen molar-refractivity contribution in [2.45, 2.75) is 39.5 Å². The molecule has 0 radical (unpaired) electrons. The van der Waals surface area contributed by atoms with Crippen LogP contribution in [0, 0.1) is 0 Å². The summed E-state index contributed by atoms with van der Waals surface area (Å²) in [6.45, 7) is 4.72. The summed E-state index contributed by atoms with van der Waals surface area (Å²) in [5.74, 6) is -0.596. The Balaban J connectivity index is 2.46. The van der Waals surface area contributed by atoms with Gasteiger partial charge in [-0.25, -0.2) is 4.79 Å². The van der Waals surface area contributed by atoms with Crippen molar-refractivity contribution < 1.29 is 19.1 Å². The lowest BCUT2D eigenvalue weighted by molar-refractivity contribution is -0.129. The fraction of sp³-hybridized carbons (Fsp3) is 0.500. The second-order valence-electron chi connectivity index (χ2n) is 5.58. The first-order valence-electron chi connectivity index (χ1n) is 8.21. The molecule has 6 nitrogen and oxygen atoms in total. The third-order valence-electron chi connectivity index (χ3n) is 3.68. The van der Waals surface area contributed by atoms with Gasteiger partial charge in [-0.3, -0.25) is 9.59 Å². The second kappa shape index (κ2) is 10.4. The average Bonchev–Trinajstić information content (AvgIpc) is 2.57. The molecule has 2 amide bonds. The molecule has 1 rings (SSSR count). The van der Waals surface area contributed by atoms with Crippen LogP contribution in [0.4, 0.5) is 5.69 Å². The number of esters is 1. The smallest absolute Gasteiger partial charge is 0.337 e. The van der Waals surface area contributed by atoms with Gasteiger partial charge < -0.3 is 15.0 Å². The monoisotopic (exact) mass is 334 g/mol. The maximum atomic E-state index is 12.0. The van der Waals surface area contributed by atoms with E-state index in [0.717, 1.165) is 19.3 Å². The van der Waals surface area contributed by atoms with Gasteiger partial charge in [-0.2, -0.15) is 0 Å². The van der Waals surface area contributed by atoms with E-state index in [2.05, 4.69) is 17.0 Å². The Kier molecular flexibility index (Phi) is 8.54. The summed E-state index contributed by atoms with van der Waals surface area (Å²) in [4.78, 5) is 36.6. The van der Waals surface area contributed by atoms with Crippen LogP contribution < -0.4 is 5.32 Å². The van der Waals surface area contributed by atoms with E-state index in [1.807, 2.05) is 0 Å². The summed E-state index contributed by atoms with van der Waals surface area (Å²) in [5.41, 5.74) is 1.03. The van der Waals surface area contributed by atoms with Crippen molar-refractivity contribution in [2.75, 3.05) is 25.5 Å². The second-order valence-corrected chi connectivity index (χ2v) is 5.58. The normalized spacial score (nSPS) is 10.1. The van der Waals surface area contributed by atoms with E-state index in [4.69, 9.17) is 0 Å². The van der Waals surface area contributed by atoms with Crippen LogP contribution in [0.1, 0.15) is 49.9 Å². The molecular formula is C18H26N2O4. The van der Waals surface area contributed by atoms with Crippen LogP contribution in [0.3, 0.4) is 0 Å². The van der Waals surface area contributed by atoms with Crippen molar-refractivity contribution in [3.63, 3.8) is 0 Å². The van der Waals surface area contributed by atoms with Crippen molar-refractivity contribution in [2.24, 2.45) is 0 Å². The van der Waals surface area contributed by atoms with Crippen molar-refractivity contribution in [3.05, 3.63) is 29.8 Å². The third-order valence-corrected chi connectivity index (χ3v) is 3.68. The Bertz CT molecular complexity index is 555. The number of carbonyl (C=O) groups is 3. The summed E-state index contributed by atoms with van der Waals surface area (Å²) in [6, 6.07) is 6.48. The number of nitrogens with one attached hydrogen (secondary N) is 1. The molecule has 0 saturated carbocycles. The molecule has 0 unspecified atom stereocenters. The number of hydrogen-bond donors (Lipinski definition) is 1. The first-order valence-corrected chi connectivity index (χ1v) is 8.21. The van der Waals surface area contributed by atoms with Crippen molar-refractivity contribution >= 4 is 23.5 Å². The van der Waals surface area contributed by atoms with Gasteiger partial charge >= 0.3 is 5.97 Å². The van der Waals surface area contributed by atoms with E-state index in [-0.39, 0.29) is 18.2 Å². The zero-order valence-corrected chi connectivity index (χ0v) is 14.6. The lowest BCUT2D eigenvalue weighted by Crippen LogP contribution is -2.32. The maximum Gasteiger partial charge on any atom is 0.337 e. The Morgan fingerprint density at radius 3 is 2.29 bits per heavy atom. The van der Waals surface area contributed by atoms with Gasteiger partial charge in [0.05, 0.1) is 12.7 Å². The zero-order chi connectivity index (χ0) is 17.9. The van der Waals surface area contributed by atoms with Crippen LogP contribution in [-0.4, -0.2) is 42.9 Å². The minimum Gasteiger partial charge on any atom is -0.465 e. The van der Waals surface area contributed by atoms with E-state index in [0.29, 0.717) is 24.3 Å². The highest BCUT2D eigenvalue weighted by molar-refractivity contribution is 5.93. The number of nitrogens with zero attached hydrogens (tertiary/aromatic N) is 1. The van der Waals surface area contributed by atoms with Gasteiger partial charge in [0.2, 0.25) is 11.8 Å². The minimum absolute atomic E-state index is 0.0127. The van der Waals surface area contributed by atoms with Gasteiger partial charge in [0, 0.05) is 32.1 Å². The lowest BCUT2D eigenvalue weighted by Gasteiger charge is -2.20. The molecule has 0 aromatic heterocycles. The summed E-state index contributed by atoms with van der Waals surface area (Å²) >= 11 is 0. The van der Waals surface area contributed by atoms with Crippen LogP contribution in [0.25, 0.3) is 0 Å². The first-order chi connectivity index (χ1) is 11.5. The van der Waals surface area contributed by atoms with Gasteiger partial charge in [0.15, 0.2) is 0 Å². The van der Waals surface area contributed by atoms with Gasteiger partial charge in [-0.1, -0.05) is 19.8 Å². The van der Waals surface area contributed by atoms with Crippen molar-refractivity contribution in [1.29, 1.82) is 0 Å². The van der Waals surface area contributed by atoms with Crippen LogP contribution in [0.15, 0.2) is 24.3 Å². The van der Waals surface area contributed by atoms with E-state index in [1.165, 1.54) is 14.0 Å². The van der Waals surface area contributed by atoms with Gasteiger partial charge in [-0.15, -0.1) is 0 Å². The largest absolute Gasteiger partial charge is 0.465 e. The van der Waals surface area contributed by atoms with Gasteiger partial charge in [-0.05, 0) is 30.7 Å². The third kappa shape index (κ3) is 6.81. The fourth-order valence-electron chi connectivity index (χ4n) is 2.25. The number of benzene rings is 1. The zero-order valence-electron chi connectivity index (χ0n) is 14.6. The molecule has 132 valence electrons. The molecular weight excluding hydrogens is 308 g/mol. The number of unbranched alkanes of at least 4 members (excludes halogenated alkanes) is 2. The molecule has 6 heteroatoms. The number of methoxy groups -OCH3 is 1. The summed E-state index contributed by atoms with van der Waals surface area (Å²) in [5, 5.41) is 2.76. The van der Waals surface area contributed by atoms with Gasteiger partial charge in [0.1, 0.15) is 0 Å². The topological polar surface area (TPSA) is 75.7 Å². The summed E-state index contributed by atoms with van der Waals surface area (Å²) in [6.07, 6.45) is 3.35. The standard InChI is InChI=1S/C18H26N2O4/c1-4-5-6-12-20(14(2)21)13-11-17(22)19-16-9-7-15(8-10-16)18(23)24-3/h7-10H,4-6,11-13H2,1-3H3,(H,19,22). The number of hydrogen-bond acceptors (Lipinski definition) is 4. The number of anilines is 1. The van der Waals surface area contributed by atoms with Crippen LogP contribution >= 0.6 is 0 Å². The average molecular weight is 334 g/mol. The SMILES string of the molecule is CCCCCN(CCC(=O)Nc1ccc(C(=O)OC)cc1)C(C)=O. The molecule has 0 saturated heterocycles. The molecule has 0 fully saturated rings. The van der Waals surface area contributed by atoms with Crippen LogP contribution in [0.2, 0.25) is 0 Å². The maximum absolute atomic E-state index is 12.0. The molecule has 0 spiro atoms. The molecule has 0 bridgehead atoms. The van der Waals surface area contributed by atoms with Crippen molar-refractivity contribution in [1.82, 2.24) is 4.90 Å². The Morgan fingerprint density at radius 2 is 1.75 bits per heavy atom. The van der Waals surface area contributed by atoms with Crippen LogP contribution in [-0.2, 0) is 14.3 Å². The molecule has 1 aromatic rings. The summed E-state index contributed by atoms with van der Waals surface area (Å²) in [7, 11) is 1.32. The number of carbonyl (C=O) groups excluding carboxylic acids is 3. The number of rotatable bonds is 9. The molecule has 0 aliphatic rings. The van der Waals surface area contributed by atoms with E-state index < -0.39 is 5.97 Å².